The third-order valence-corrected chi connectivity index (χ3v) is 6.53. The lowest BCUT2D eigenvalue weighted by atomic mass is 10.2. The number of nitrogens with one attached hydrogen (secondary N) is 1. The Balaban J connectivity index is 1.32. The van der Waals surface area contributed by atoms with Gasteiger partial charge in [-0.3, -0.25) is 14.2 Å². The van der Waals surface area contributed by atoms with Gasteiger partial charge in [0.05, 0.1) is 23.2 Å². The number of para-hydroxylation sites is 1. The number of rotatable bonds is 7. The van der Waals surface area contributed by atoms with E-state index in [1.807, 2.05) is 48.5 Å². The van der Waals surface area contributed by atoms with E-state index in [0.29, 0.717) is 45.7 Å². The number of thioether (sulfide) groups is 1. The van der Waals surface area contributed by atoms with Crippen LogP contribution in [0.3, 0.4) is 0 Å². The number of carbonyl (C=O) groups is 1. The van der Waals surface area contributed by atoms with Gasteiger partial charge < -0.3 is 14.8 Å². The molecule has 0 aliphatic carbocycles. The van der Waals surface area contributed by atoms with Crippen LogP contribution < -0.4 is 20.3 Å². The maximum Gasteiger partial charge on any atom is 0.262 e. The van der Waals surface area contributed by atoms with Gasteiger partial charge in [-0.25, -0.2) is 4.98 Å². The van der Waals surface area contributed by atoms with E-state index in [1.165, 1.54) is 11.8 Å². The molecule has 0 bridgehead atoms. The van der Waals surface area contributed by atoms with Crippen LogP contribution in [0.4, 0.5) is 0 Å². The number of fused-ring (bicyclic) bond motifs is 2. The molecule has 0 saturated carbocycles. The topological polar surface area (TPSA) is 82.5 Å². The van der Waals surface area contributed by atoms with E-state index in [1.54, 1.807) is 22.8 Å². The molecule has 172 valence electrons. The Morgan fingerprint density at radius 3 is 2.76 bits per heavy atom. The van der Waals surface area contributed by atoms with E-state index in [9.17, 15) is 9.59 Å². The first-order valence-corrected chi connectivity index (χ1v) is 12.0. The monoisotopic (exact) mass is 493 g/mol. The zero-order valence-electron chi connectivity index (χ0n) is 18.0. The predicted molar refractivity (Wildman–Crippen MR) is 132 cm³/mol. The molecule has 1 amide bonds. The number of halogens is 1. The molecule has 34 heavy (non-hydrogen) atoms. The molecule has 1 aliphatic rings. The van der Waals surface area contributed by atoms with Crippen LogP contribution in [0.1, 0.15) is 11.1 Å². The number of nitrogens with zero attached hydrogens (tertiary/aromatic N) is 2. The maximum absolute atomic E-state index is 13.2. The second-order valence-electron chi connectivity index (χ2n) is 7.69. The molecule has 1 aliphatic heterocycles. The summed E-state index contributed by atoms with van der Waals surface area (Å²) in [6, 6.07) is 20.1. The lowest BCUT2D eigenvalue weighted by Gasteiger charge is -2.13. The summed E-state index contributed by atoms with van der Waals surface area (Å²) in [5.41, 5.74) is 2.22. The molecule has 2 heterocycles. The van der Waals surface area contributed by atoms with Crippen molar-refractivity contribution in [3.63, 3.8) is 0 Å². The maximum atomic E-state index is 13.2. The Kier molecular flexibility index (Phi) is 6.42. The molecule has 1 aromatic heterocycles. The average molecular weight is 494 g/mol. The molecule has 1 N–H and O–H groups in total. The van der Waals surface area contributed by atoms with E-state index in [-0.39, 0.29) is 24.0 Å². The van der Waals surface area contributed by atoms with Crippen molar-refractivity contribution in [2.45, 2.75) is 18.2 Å². The Morgan fingerprint density at radius 2 is 1.88 bits per heavy atom. The zero-order chi connectivity index (χ0) is 23.5. The largest absolute Gasteiger partial charge is 0.454 e. The smallest absolute Gasteiger partial charge is 0.262 e. The third kappa shape index (κ3) is 4.88. The molecule has 3 aromatic carbocycles. The van der Waals surface area contributed by atoms with Crippen LogP contribution in [0, 0.1) is 0 Å². The van der Waals surface area contributed by atoms with Crippen LogP contribution in [-0.2, 0) is 17.9 Å². The summed E-state index contributed by atoms with van der Waals surface area (Å²) >= 11 is 7.35. The molecule has 0 fully saturated rings. The minimum absolute atomic E-state index is 0.116. The average Bonchev–Trinajstić information content (AvgIpc) is 3.31. The van der Waals surface area contributed by atoms with E-state index < -0.39 is 0 Å². The van der Waals surface area contributed by atoms with Crippen molar-refractivity contribution in [2.24, 2.45) is 0 Å². The predicted octanol–water partition coefficient (Wildman–Crippen LogP) is 4.24. The van der Waals surface area contributed by atoms with Crippen LogP contribution >= 0.6 is 23.4 Å². The molecule has 7 nitrogen and oxygen atoms in total. The fraction of sp³-hybridized carbons (Fsp3) is 0.160. The van der Waals surface area contributed by atoms with Gasteiger partial charge in [0.25, 0.3) is 5.56 Å². The van der Waals surface area contributed by atoms with Gasteiger partial charge in [0.15, 0.2) is 16.7 Å². The Bertz CT molecular complexity index is 1440. The molecule has 0 atom stereocenters. The number of hydrogen-bond acceptors (Lipinski definition) is 6. The number of aromatic nitrogens is 2. The molecule has 0 saturated heterocycles. The number of carbonyl (C=O) groups excluding carboxylic acids is 1. The molecule has 9 heteroatoms. The summed E-state index contributed by atoms with van der Waals surface area (Å²) in [5, 5.41) is 4.50. The van der Waals surface area contributed by atoms with Gasteiger partial charge in [-0.05, 0) is 47.5 Å². The standard InChI is InChI=1S/C25H20ClN3O4S/c26-18-5-3-4-17(10-18)13-29-24(31)19-6-1-2-7-20(19)28-25(29)34-14-23(30)27-12-16-8-9-21-22(11-16)33-15-32-21/h1-11H,12-15H2,(H,27,30). The molecular formula is C25H20ClN3O4S. The lowest BCUT2D eigenvalue weighted by molar-refractivity contribution is -0.118. The van der Waals surface area contributed by atoms with Gasteiger partial charge in [0.2, 0.25) is 12.7 Å². The second-order valence-corrected chi connectivity index (χ2v) is 9.06. The molecule has 4 aromatic rings. The number of amides is 1. The summed E-state index contributed by atoms with van der Waals surface area (Å²) in [6.45, 7) is 0.867. The van der Waals surface area contributed by atoms with Gasteiger partial charge in [-0.15, -0.1) is 0 Å². The highest BCUT2D eigenvalue weighted by Gasteiger charge is 2.15. The van der Waals surface area contributed by atoms with Crippen LogP contribution in [0.5, 0.6) is 11.5 Å². The normalized spacial score (nSPS) is 12.1. The number of benzene rings is 3. The van der Waals surface area contributed by atoms with Gasteiger partial charge in [0, 0.05) is 11.6 Å². The Morgan fingerprint density at radius 1 is 1.03 bits per heavy atom. The first-order valence-electron chi connectivity index (χ1n) is 10.6. The summed E-state index contributed by atoms with van der Waals surface area (Å²) in [7, 11) is 0. The van der Waals surface area contributed by atoms with Crippen molar-refractivity contribution in [2.75, 3.05) is 12.5 Å². The highest BCUT2D eigenvalue weighted by molar-refractivity contribution is 7.99. The van der Waals surface area contributed by atoms with Crippen LogP contribution in [-0.4, -0.2) is 28.0 Å². The van der Waals surface area contributed by atoms with Gasteiger partial charge in [0.1, 0.15) is 0 Å². The fourth-order valence-corrected chi connectivity index (χ4v) is 4.69. The van der Waals surface area contributed by atoms with Gasteiger partial charge in [-0.2, -0.15) is 0 Å². The second kappa shape index (κ2) is 9.79. The van der Waals surface area contributed by atoms with Crippen molar-refractivity contribution in [1.82, 2.24) is 14.9 Å². The quantitative estimate of drug-likeness (QED) is 0.306. The van der Waals surface area contributed by atoms with Crippen molar-refractivity contribution in [3.05, 3.63) is 93.2 Å². The number of hydrogen-bond donors (Lipinski definition) is 1. The Hall–Kier alpha value is -3.49. The van der Waals surface area contributed by atoms with Crippen molar-refractivity contribution < 1.29 is 14.3 Å². The van der Waals surface area contributed by atoms with Crippen LogP contribution in [0.25, 0.3) is 10.9 Å². The van der Waals surface area contributed by atoms with Gasteiger partial charge in [-0.1, -0.05) is 53.7 Å². The lowest BCUT2D eigenvalue weighted by Crippen LogP contribution is -2.27. The van der Waals surface area contributed by atoms with E-state index in [4.69, 9.17) is 21.1 Å². The summed E-state index contributed by atoms with van der Waals surface area (Å²) in [4.78, 5) is 30.5. The summed E-state index contributed by atoms with van der Waals surface area (Å²) < 4.78 is 12.3. The van der Waals surface area contributed by atoms with Crippen molar-refractivity contribution in [3.8, 4) is 11.5 Å². The zero-order valence-corrected chi connectivity index (χ0v) is 19.6. The fourth-order valence-electron chi connectivity index (χ4n) is 3.65. The van der Waals surface area contributed by atoms with Crippen LogP contribution in [0.2, 0.25) is 5.02 Å². The molecule has 5 rings (SSSR count). The summed E-state index contributed by atoms with van der Waals surface area (Å²) in [5.74, 6) is 1.32. The Labute approximate surface area is 204 Å². The van der Waals surface area contributed by atoms with E-state index in [2.05, 4.69) is 10.3 Å². The third-order valence-electron chi connectivity index (χ3n) is 5.32. The minimum Gasteiger partial charge on any atom is -0.454 e. The summed E-state index contributed by atoms with van der Waals surface area (Å²) in [6.07, 6.45) is 0. The minimum atomic E-state index is -0.167. The SMILES string of the molecule is O=C(CSc1nc2ccccc2c(=O)n1Cc1cccc(Cl)c1)NCc1ccc2c(c1)OCO2. The molecule has 0 spiro atoms. The first kappa shape index (κ1) is 22.3. The first-order chi connectivity index (χ1) is 16.6. The van der Waals surface area contributed by atoms with Crippen molar-refractivity contribution in [1.29, 1.82) is 0 Å². The van der Waals surface area contributed by atoms with E-state index >= 15 is 0 Å². The van der Waals surface area contributed by atoms with Crippen molar-refractivity contribution >= 4 is 40.2 Å². The molecule has 0 radical (unpaired) electrons. The molecular weight excluding hydrogens is 474 g/mol. The number of ether oxygens (including phenoxy) is 2. The highest BCUT2D eigenvalue weighted by Crippen LogP contribution is 2.32. The highest BCUT2D eigenvalue weighted by atomic mass is 35.5. The molecule has 0 unspecified atom stereocenters. The van der Waals surface area contributed by atoms with E-state index in [0.717, 1.165) is 11.1 Å². The van der Waals surface area contributed by atoms with Gasteiger partial charge >= 0.3 is 0 Å². The van der Waals surface area contributed by atoms with Crippen LogP contribution in [0.15, 0.2) is 76.7 Å².